The van der Waals surface area contributed by atoms with E-state index < -0.39 is 45.6 Å². The van der Waals surface area contributed by atoms with Crippen LogP contribution in [-0.2, 0) is 19.4 Å². The first kappa shape index (κ1) is 23.1. The van der Waals surface area contributed by atoms with Crippen LogP contribution in [0.1, 0.15) is 24.1 Å². The molecule has 0 spiro atoms. The van der Waals surface area contributed by atoms with Crippen molar-refractivity contribution in [2.75, 3.05) is 18.6 Å². The van der Waals surface area contributed by atoms with E-state index in [1.165, 1.54) is 23.9 Å². The van der Waals surface area contributed by atoms with Crippen molar-refractivity contribution in [3.8, 4) is 0 Å². The van der Waals surface area contributed by atoms with Crippen molar-refractivity contribution in [1.29, 1.82) is 0 Å². The van der Waals surface area contributed by atoms with E-state index >= 15 is 0 Å². The summed E-state index contributed by atoms with van der Waals surface area (Å²) in [6.07, 6.45) is 1.93. The summed E-state index contributed by atoms with van der Waals surface area (Å²) in [4.78, 5) is 26.5. The first-order valence-corrected chi connectivity index (χ1v) is 12.8. The number of aryl methyl sites for hydroxylation is 1. The molecule has 1 fully saturated rings. The Morgan fingerprint density at radius 1 is 1.13 bits per heavy atom. The molecule has 166 valence electrons. The monoisotopic (exact) mass is 462 g/mol. The van der Waals surface area contributed by atoms with E-state index in [-0.39, 0.29) is 11.5 Å². The first-order valence-electron chi connectivity index (χ1n) is 9.92. The van der Waals surface area contributed by atoms with Crippen LogP contribution in [-0.4, -0.2) is 45.1 Å². The first-order chi connectivity index (χ1) is 14.7. The van der Waals surface area contributed by atoms with Gasteiger partial charge in [-0.15, -0.1) is 11.8 Å². The molecule has 1 aliphatic rings. The highest BCUT2D eigenvalue weighted by molar-refractivity contribution is 7.98. The molecule has 3 rings (SSSR count). The second-order valence-electron chi connectivity index (χ2n) is 7.35. The molecule has 3 atom stereocenters. The minimum absolute atomic E-state index is 0.148. The molecule has 1 heterocycles. The standard InChI is InChI=1S/C22H26N2O5S2/c1-4-29-21(25)19-18(13-31(27,28)17-10-8-14(2)9-11-17)23-22(26)24-20(19)15-6-5-7-16(12-15)30-3/h5-12,18-20H,4,13H2,1-3H3,(H2,23,24,26). The number of benzene rings is 2. The quantitative estimate of drug-likeness (QED) is 0.484. The van der Waals surface area contributed by atoms with Crippen molar-refractivity contribution in [3.05, 3.63) is 59.7 Å². The van der Waals surface area contributed by atoms with Gasteiger partial charge in [0.05, 0.1) is 29.3 Å². The molecule has 0 radical (unpaired) electrons. The molecule has 2 aromatic carbocycles. The van der Waals surface area contributed by atoms with Crippen LogP contribution in [0, 0.1) is 12.8 Å². The van der Waals surface area contributed by atoms with Crippen molar-refractivity contribution in [2.24, 2.45) is 5.92 Å². The molecule has 31 heavy (non-hydrogen) atoms. The highest BCUT2D eigenvalue weighted by Crippen LogP contribution is 2.32. The summed E-state index contributed by atoms with van der Waals surface area (Å²) in [5.41, 5.74) is 1.66. The van der Waals surface area contributed by atoms with Gasteiger partial charge in [-0.3, -0.25) is 4.79 Å². The lowest BCUT2D eigenvalue weighted by Gasteiger charge is -2.38. The van der Waals surface area contributed by atoms with Gasteiger partial charge in [0.2, 0.25) is 0 Å². The summed E-state index contributed by atoms with van der Waals surface area (Å²) in [7, 11) is -3.75. The fourth-order valence-electron chi connectivity index (χ4n) is 3.65. The van der Waals surface area contributed by atoms with Crippen LogP contribution in [0.25, 0.3) is 0 Å². The second kappa shape index (κ2) is 9.74. The van der Waals surface area contributed by atoms with Gasteiger partial charge in [0.25, 0.3) is 0 Å². The number of thioether (sulfide) groups is 1. The molecule has 0 bridgehead atoms. The molecule has 2 amide bonds. The summed E-state index contributed by atoms with van der Waals surface area (Å²) in [6, 6.07) is 11.8. The van der Waals surface area contributed by atoms with Gasteiger partial charge in [-0.05, 0) is 49.9 Å². The average Bonchev–Trinajstić information content (AvgIpc) is 2.73. The molecule has 7 nitrogen and oxygen atoms in total. The minimum atomic E-state index is -3.75. The summed E-state index contributed by atoms with van der Waals surface area (Å²) < 4.78 is 31.4. The maximum absolute atomic E-state index is 13.1. The number of urea groups is 1. The Balaban J connectivity index is 1.99. The van der Waals surface area contributed by atoms with Crippen molar-refractivity contribution in [3.63, 3.8) is 0 Å². The number of esters is 1. The Kier molecular flexibility index (Phi) is 7.27. The molecule has 2 N–H and O–H groups in total. The third-order valence-corrected chi connectivity index (χ3v) is 7.70. The van der Waals surface area contributed by atoms with Crippen molar-refractivity contribution in [1.82, 2.24) is 10.6 Å². The van der Waals surface area contributed by atoms with Gasteiger partial charge in [-0.1, -0.05) is 29.8 Å². The summed E-state index contributed by atoms with van der Waals surface area (Å²) in [6.45, 7) is 3.71. The van der Waals surface area contributed by atoms with Gasteiger partial charge < -0.3 is 15.4 Å². The summed E-state index contributed by atoms with van der Waals surface area (Å²) >= 11 is 1.54. The van der Waals surface area contributed by atoms with E-state index in [2.05, 4.69) is 10.6 Å². The van der Waals surface area contributed by atoms with Gasteiger partial charge in [-0.25, -0.2) is 13.2 Å². The maximum atomic E-state index is 13.1. The number of rotatable bonds is 7. The smallest absolute Gasteiger partial charge is 0.315 e. The van der Waals surface area contributed by atoms with Crippen LogP contribution in [0.4, 0.5) is 4.79 Å². The number of amides is 2. The zero-order chi connectivity index (χ0) is 22.6. The van der Waals surface area contributed by atoms with Crippen LogP contribution >= 0.6 is 11.8 Å². The topological polar surface area (TPSA) is 102 Å². The van der Waals surface area contributed by atoms with Crippen molar-refractivity contribution in [2.45, 2.75) is 35.7 Å². The fraction of sp³-hybridized carbons (Fsp3) is 0.364. The van der Waals surface area contributed by atoms with Crippen LogP contribution in [0.15, 0.2) is 58.3 Å². The number of ether oxygens (including phenoxy) is 1. The van der Waals surface area contributed by atoms with E-state index in [1.807, 2.05) is 37.4 Å². The molecule has 9 heteroatoms. The van der Waals surface area contributed by atoms with Crippen LogP contribution in [0.3, 0.4) is 0 Å². The summed E-state index contributed by atoms with van der Waals surface area (Å²) in [5, 5.41) is 5.42. The maximum Gasteiger partial charge on any atom is 0.315 e. The van der Waals surface area contributed by atoms with Crippen molar-refractivity contribution < 1.29 is 22.7 Å². The number of nitrogens with one attached hydrogen (secondary N) is 2. The highest BCUT2D eigenvalue weighted by Gasteiger charge is 2.45. The number of sulfone groups is 1. The Labute approximate surface area is 186 Å². The van der Waals surface area contributed by atoms with E-state index in [4.69, 9.17) is 4.74 Å². The number of hydrogen-bond acceptors (Lipinski definition) is 6. The zero-order valence-electron chi connectivity index (χ0n) is 17.6. The lowest BCUT2D eigenvalue weighted by Crippen LogP contribution is -2.60. The molecular formula is C22H26N2O5S2. The fourth-order valence-corrected chi connectivity index (χ4v) is 5.63. The van der Waals surface area contributed by atoms with Gasteiger partial charge in [0.1, 0.15) is 5.92 Å². The molecule has 2 aromatic rings. The molecular weight excluding hydrogens is 436 g/mol. The van der Waals surface area contributed by atoms with E-state index in [9.17, 15) is 18.0 Å². The van der Waals surface area contributed by atoms with Gasteiger partial charge in [-0.2, -0.15) is 0 Å². The third kappa shape index (κ3) is 5.40. The van der Waals surface area contributed by atoms with Crippen LogP contribution in [0.5, 0.6) is 0 Å². The van der Waals surface area contributed by atoms with Crippen LogP contribution in [0.2, 0.25) is 0 Å². The van der Waals surface area contributed by atoms with Gasteiger partial charge in [0, 0.05) is 4.90 Å². The zero-order valence-corrected chi connectivity index (χ0v) is 19.3. The predicted molar refractivity (Wildman–Crippen MR) is 120 cm³/mol. The predicted octanol–water partition coefficient (Wildman–Crippen LogP) is 3.09. The van der Waals surface area contributed by atoms with E-state index in [0.29, 0.717) is 0 Å². The SMILES string of the molecule is CCOC(=O)C1C(CS(=O)(=O)c2ccc(C)cc2)NC(=O)NC1c1cccc(SC)c1. The normalized spacial score (nSPS) is 21.1. The molecule has 0 aromatic heterocycles. The van der Waals surface area contributed by atoms with E-state index in [1.54, 1.807) is 19.1 Å². The number of carbonyl (C=O) groups excluding carboxylic acids is 2. The molecule has 0 saturated carbocycles. The van der Waals surface area contributed by atoms with E-state index in [0.717, 1.165) is 16.0 Å². The number of hydrogen-bond donors (Lipinski definition) is 2. The Morgan fingerprint density at radius 2 is 1.84 bits per heavy atom. The molecule has 3 unspecified atom stereocenters. The Bertz CT molecular complexity index is 1050. The highest BCUT2D eigenvalue weighted by atomic mass is 32.2. The lowest BCUT2D eigenvalue weighted by molar-refractivity contribution is -0.150. The second-order valence-corrected chi connectivity index (χ2v) is 10.3. The van der Waals surface area contributed by atoms with Crippen LogP contribution < -0.4 is 10.6 Å². The minimum Gasteiger partial charge on any atom is -0.466 e. The van der Waals surface area contributed by atoms with Gasteiger partial charge >= 0.3 is 12.0 Å². The Morgan fingerprint density at radius 3 is 2.48 bits per heavy atom. The van der Waals surface area contributed by atoms with Crippen molar-refractivity contribution >= 4 is 33.6 Å². The van der Waals surface area contributed by atoms with Gasteiger partial charge in [0.15, 0.2) is 9.84 Å². The Hall–Kier alpha value is -2.52. The lowest BCUT2D eigenvalue weighted by atomic mass is 9.86. The number of carbonyl (C=O) groups is 2. The molecule has 1 aliphatic heterocycles. The molecule has 1 saturated heterocycles. The molecule has 0 aliphatic carbocycles. The largest absolute Gasteiger partial charge is 0.466 e. The third-order valence-electron chi connectivity index (χ3n) is 5.19. The average molecular weight is 463 g/mol. The summed E-state index contributed by atoms with van der Waals surface area (Å²) in [5.74, 6) is -1.88.